The van der Waals surface area contributed by atoms with Gasteiger partial charge in [0, 0.05) is 13.1 Å². The SMILES string of the molecule is Oc1cccc2c1NCC(CN1CCC3(CCc4ccccc43)CC1)C2. The molecule has 1 fully saturated rings. The molecule has 5 rings (SSSR count). The van der Waals surface area contributed by atoms with Gasteiger partial charge in [-0.25, -0.2) is 0 Å². The molecule has 1 unspecified atom stereocenters. The number of benzene rings is 2. The Morgan fingerprint density at radius 3 is 2.69 bits per heavy atom. The summed E-state index contributed by atoms with van der Waals surface area (Å²) in [6, 6.07) is 15.0. The Labute approximate surface area is 156 Å². The number of para-hydroxylation sites is 1. The number of phenols is 1. The second kappa shape index (κ2) is 6.31. The molecule has 3 aliphatic rings. The molecule has 3 heteroatoms. The average Bonchev–Trinajstić information content (AvgIpc) is 3.03. The third kappa shape index (κ3) is 2.69. The van der Waals surface area contributed by atoms with Gasteiger partial charge in [-0.15, -0.1) is 0 Å². The largest absolute Gasteiger partial charge is 0.506 e. The fraction of sp³-hybridized carbons (Fsp3) is 0.478. The number of nitrogens with zero attached hydrogens (tertiary/aromatic N) is 1. The number of likely N-dealkylation sites (tertiary alicyclic amines) is 1. The number of rotatable bonds is 2. The first-order valence-electron chi connectivity index (χ1n) is 10.1. The van der Waals surface area contributed by atoms with Gasteiger partial charge in [0.25, 0.3) is 0 Å². The third-order valence-electron chi connectivity index (χ3n) is 7.00. The number of hydrogen-bond acceptors (Lipinski definition) is 3. The van der Waals surface area contributed by atoms with Gasteiger partial charge in [0.1, 0.15) is 5.75 Å². The second-order valence-corrected chi connectivity index (χ2v) is 8.50. The van der Waals surface area contributed by atoms with Crippen molar-refractivity contribution in [1.29, 1.82) is 0 Å². The van der Waals surface area contributed by atoms with Crippen molar-refractivity contribution in [3.8, 4) is 5.75 Å². The predicted molar refractivity (Wildman–Crippen MR) is 106 cm³/mol. The first kappa shape index (κ1) is 16.2. The Bertz CT molecular complexity index is 808. The average molecular weight is 348 g/mol. The summed E-state index contributed by atoms with van der Waals surface area (Å²) in [5.41, 5.74) is 5.90. The van der Waals surface area contributed by atoms with E-state index < -0.39 is 0 Å². The van der Waals surface area contributed by atoms with Crippen LogP contribution in [0.3, 0.4) is 0 Å². The molecular weight excluding hydrogens is 320 g/mol. The molecule has 2 aliphatic heterocycles. The van der Waals surface area contributed by atoms with E-state index in [1.165, 1.54) is 50.9 Å². The zero-order valence-electron chi connectivity index (χ0n) is 15.4. The number of nitrogens with one attached hydrogen (secondary N) is 1. The lowest BCUT2D eigenvalue weighted by Crippen LogP contribution is -2.45. The molecule has 1 spiro atoms. The quantitative estimate of drug-likeness (QED) is 0.807. The number of aromatic hydroxyl groups is 1. The van der Waals surface area contributed by atoms with Gasteiger partial charge < -0.3 is 15.3 Å². The highest BCUT2D eigenvalue weighted by Gasteiger charge is 2.41. The van der Waals surface area contributed by atoms with Crippen LogP contribution in [0.4, 0.5) is 5.69 Å². The van der Waals surface area contributed by atoms with Crippen LogP contribution < -0.4 is 5.32 Å². The first-order chi connectivity index (χ1) is 12.7. The van der Waals surface area contributed by atoms with Crippen LogP contribution in [0.1, 0.15) is 36.0 Å². The zero-order valence-corrected chi connectivity index (χ0v) is 15.4. The van der Waals surface area contributed by atoms with E-state index in [2.05, 4.69) is 40.5 Å². The van der Waals surface area contributed by atoms with E-state index in [1.807, 2.05) is 6.07 Å². The summed E-state index contributed by atoms with van der Waals surface area (Å²) in [5.74, 6) is 1.02. The van der Waals surface area contributed by atoms with Crippen LogP contribution in [0.15, 0.2) is 42.5 Å². The highest BCUT2D eigenvalue weighted by atomic mass is 16.3. The van der Waals surface area contributed by atoms with Crippen LogP contribution in [0.25, 0.3) is 0 Å². The molecule has 2 aromatic carbocycles. The molecule has 0 amide bonds. The lowest BCUT2D eigenvalue weighted by Gasteiger charge is -2.42. The zero-order chi connectivity index (χ0) is 17.6. The molecular formula is C23H28N2O. The van der Waals surface area contributed by atoms with Gasteiger partial charge >= 0.3 is 0 Å². The lowest BCUT2D eigenvalue weighted by molar-refractivity contribution is 0.140. The molecule has 26 heavy (non-hydrogen) atoms. The summed E-state index contributed by atoms with van der Waals surface area (Å²) in [5, 5.41) is 13.4. The lowest BCUT2D eigenvalue weighted by atomic mass is 9.73. The minimum Gasteiger partial charge on any atom is -0.506 e. The van der Waals surface area contributed by atoms with Gasteiger partial charge in [0.15, 0.2) is 0 Å². The monoisotopic (exact) mass is 348 g/mol. The second-order valence-electron chi connectivity index (χ2n) is 8.50. The van der Waals surface area contributed by atoms with Crippen LogP contribution in [-0.2, 0) is 18.3 Å². The predicted octanol–water partition coefficient (Wildman–Crippen LogP) is 3.96. The summed E-state index contributed by atoms with van der Waals surface area (Å²) in [4.78, 5) is 2.67. The molecule has 2 aromatic rings. The molecule has 2 heterocycles. The minimum atomic E-state index is 0.390. The standard InChI is InChI=1S/C23H28N2O/c26-21-7-3-5-19-14-17(15-24-22(19)21)16-25-12-10-23(11-13-25)9-8-18-4-1-2-6-20(18)23/h1-7,17,24,26H,8-16H2. The number of fused-ring (bicyclic) bond motifs is 3. The van der Waals surface area contributed by atoms with Gasteiger partial charge in [0.05, 0.1) is 5.69 Å². The summed E-state index contributed by atoms with van der Waals surface area (Å²) in [6.07, 6.45) is 6.30. The Kier molecular flexibility index (Phi) is 3.93. The van der Waals surface area contributed by atoms with Crippen molar-refractivity contribution in [3.05, 3.63) is 59.2 Å². The van der Waals surface area contributed by atoms with Gasteiger partial charge in [-0.2, -0.15) is 0 Å². The summed E-state index contributed by atoms with van der Waals surface area (Å²) < 4.78 is 0. The normalized spacial score (nSPS) is 24.1. The Hall–Kier alpha value is -2.00. The van der Waals surface area contributed by atoms with E-state index in [4.69, 9.17) is 0 Å². The maximum Gasteiger partial charge on any atom is 0.138 e. The summed E-state index contributed by atoms with van der Waals surface area (Å²) >= 11 is 0. The van der Waals surface area contributed by atoms with Crippen molar-refractivity contribution in [2.24, 2.45) is 5.92 Å². The van der Waals surface area contributed by atoms with E-state index in [-0.39, 0.29) is 0 Å². The fourth-order valence-electron chi connectivity index (χ4n) is 5.53. The summed E-state index contributed by atoms with van der Waals surface area (Å²) in [6.45, 7) is 4.57. The number of piperidine rings is 1. The van der Waals surface area contributed by atoms with Gasteiger partial charge in [-0.05, 0) is 79.3 Å². The van der Waals surface area contributed by atoms with E-state index in [9.17, 15) is 5.11 Å². The number of phenolic OH excluding ortho intramolecular Hbond substituents is 1. The molecule has 0 bridgehead atoms. The van der Waals surface area contributed by atoms with Crippen molar-refractivity contribution < 1.29 is 5.11 Å². The van der Waals surface area contributed by atoms with Gasteiger partial charge in [0.2, 0.25) is 0 Å². The van der Waals surface area contributed by atoms with Crippen LogP contribution >= 0.6 is 0 Å². The van der Waals surface area contributed by atoms with Crippen molar-refractivity contribution in [3.63, 3.8) is 0 Å². The van der Waals surface area contributed by atoms with E-state index in [0.29, 0.717) is 17.1 Å². The van der Waals surface area contributed by atoms with E-state index in [0.717, 1.165) is 18.7 Å². The van der Waals surface area contributed by atoms with Crippen molar-refractivity contribution in [2.45, 2.75) is 37.5 Å². The fourth-order valence-corrected chi connectivity index (χ4v) is 5.53. The maximum atomic E-state index is 9.99. The maximum absolute atomic E-state index is 9.99. The van der Waals surface area contributed by atoms with Crippen molar-refractivity contribution in [1.82, 2.24) is 4.90 Å². The molecule has 0 aromatic heterocycles. The highest BCUT2D eigenvalue weighted by Crippen LogP contribution is 2.46. The van der Waals surface area contributed by atoms with E-state index >= 15 is 0 Å². The topological polar surface area (TPSA) is 35.5 Å². The van der Waals surface area contributed by atoms with Crippen molar-refractivity contribution >= 4 is 5.69 Å². The first-order valence-corrected chi connectivity index (χ1v) is 10.1. The number of anilines is 1. The smallest absolute Gasteiger partial charge is 0.138 e. The molecule has 3 nitrogen and oxygen atoms in total. The third-order valence-corrected chi connectivity index (χ3v) is 7.00. The van der Waals surface area contributed by atoms with Crippen LogP contribution in [0, 0.1) is 5.92 Å². The molecule has 136 valence electrons. The Balaban J connectivity index is 1.22. The number of hydrogen-bond donors (Lipinski definition) is 2. The molecule has 0 radical (unpaired) electrons. The number of aryl methyl sites for hydroxylation is 1. The molecule has 0 saturated carbocycles. The van der Waals surface area contributed by atoms with E-state index in [1.54, 1.807) is 17.2 Å². The molecule has 1 atom stereocenters. The summed E-state index contributed by atoms with van der Waals surface area (Å²) in [7, 11) is 0. The minimum absolute atomic E-state index is 0.390. The molecule has 1 aliphatic carbocycles. The molecule has 2 N–H and O–H groups in total. The van der Waals surface area contributed by atoms with Gasteiger partial charge in [-0.1, -0.05) is 36.4 Å². The van der Waals surface area contributed by atoms with Crippen LogP contribution in [0.2, 0.25) is 0 Å². The highest BCUT2D eigenvalue weighted by molar-refractivity contribution is 5.62. The molecule has 1 saturated heterocycles. The Morgan fingerprint density at radius 2 is 1.81 bits per heavy atom. The van der Waals surface area contributed by atoms with Crippen LogP contribution in [0.5, 0.6) is 5.75 Å². The van der Waals surface area contributed by atoms with Crippen LogP contribution in [-0.4, -0.2) is 36.2 Å². The van der Waals surface area contributed by atoms with Gasteiger partial charge in [-0.3, -0.25) is 0 Å². The Morgan fingerprint density at radius 1 is 1.00 bits per heavy atom. The van der Waals surface area contributed by atoms with Crippen molar-refractivity contribution in [2.75, 3.05) is 31.5 Å².